The lowest BCUT2D eigenvalue weighted by molar-refractivity contribution is 0.00696. The SMILES string of the molecule is CC(C)(C)OC(=O)c1ccc(C#CN)cc1. The molecular formula is C13H15NO2. The van der Waals surface area contributed by atoms with Crippen LogP contribution in [0.5, 0.6) is 0 Å². The second-order valence-corrected chi connectivity index (χ2v) is 4.35. The molecule has 0 atom stereocenters. The fourth-order valence-corrected chi connectivity index (χ4v) is 1.11. The van der Waals surface area contributed by atoms with Gasteiger partial charge in [-0.2, -0.15) is 0 Å². The maximum atomic E-state index is 11.6. The van der Waals surface area contributed by atoms with E-state index in [2.05, 4.69) is 12.0 Å². The van der Waals surface area contributed by atoms with Crippen molar-refractivity contribution in [2.45, 2.75) is 26.4 Å². The number of carbonyl (C=O) groups is 1. The maximum absolute atomic E-state index is 11.6. The largest absolute Gasteiger partial charge is 0.456 e. The molecule has 0 heterocycles. The summed E-state index contributed by atoms with van der Waals surface area (Å²) in [4.78, 5) is 11.6. The van der Waals surface area contributed by atoms with Crippen LogP contribution in [-0.2, 0) is 4.74 Å². The van der Waals surface area contributed by atoms with Crippen molar-refractivity contribution < 1.29 is 9.53 Å². The fraction of sp³-hybridized carbons (Fsp3) is 0.308. The Morgan fingerprint density at radius 2 is 1.81 bits per heavy atom. The summed E-state index contributed by atoms with van der Waals surface area (Å²) in [6, 6.07) is 9.12. The van der Waals surface area contributed by atoms with Crippen LogP contribution in [0.2, 0.25) is 0 Å². The van der Waals surface area contributed by atoms with Gasteiger partial charge < -0.3 is 10.5 Å². The quantitative estimate of drug-likeness (QED) is 0.444. The predicted octanol–water partition coefficient (Wildman–Crippen LogP) is 1.91. The summed E-state index contributed by atoms with van der Waals surface area (Å²) >= 11 is 0. The molecule has 0 fully saturated rings. The van der Waals surface area contributed by atoms with E-state index in [-0.39, 0.29) is 5.97 Å². The molecular weight excluding hydrogens is 202 g/mol. The van der Waals surface area contributed by atoms with E-state index in [4.69, 9.17) is 10.5 Å². The minimum absolute atomic E-state index is 0.334. The van der Waals surface area contributed by atoms with Gasteiger partial charge in [0.25, 0.3) is 0 Å². The van der Waals surface area contributed by atoms with Crippen LogP contribution in [0.3, 0.4) is 0 Å². The van der Waals surface area contributed by atoms with Gasteiger partial charge in [0.15, 0.2) is 0 Å². The number of carbonyl (C=O) groups excluding carboxylic acids is 1. The van der Waals surface area contributed by atoms with Crippen LogP contribution in [0.25, 0.3) is 0 Å². The van der Waals surface area contributed by atoms with Crippen molar-refractivity contribution in [1.29, 1.82) is 0 Å². The second-order valence-electron chi connectivity index (χ2n) is 4.35. The Morgan fingerprint density at radius 3 is 2.25 bits per heavy atom. The molecule has 0 bridgehead atoms. The van der Waals surface area contributed by atoms with Crippen LogP contribution < -0.4 is 5.73 Å². The van der Waals surface area contributed by atoms with Crippen LogP contribution in [0, 0.1) is 12.0 Å². The van der Waals surface area contributed by atoms with Gasteiger partial charge in [0.2, 0.25) is 0 Å². The summed E-state index contributed by atoms with van der Waals surface area (Å²) < 4.78 is 5.22. The first-order valence-corrected chi connectivity index (χ1v) is 4.97. The van der Waals surface area contributed by atoms with Crippen molar-refractivity contribution in [1.82, 2.24) is 0 Å². The van der Waals surface area contributed by atoms with Crippen LogP contribution in [0.1, 0.15) is 36.7 Å². The first-order valence-electron chi connectivity index (χ1n) is 4.97. The number of rotatable bonds is 1. The zero-order chi connectivity index (χ0) is 12.2. The minimum Gasteiger partial charge on any atom is -0.456 e. The summed E-state index contributed by atoms with van der Waals surface area (Å²) in [7, 11) is 0. The summed E-state index contributed by atoms with van der Waals surface area (Å²) in [6.45, 7) is 5.50. The van der Waals surface area contributed by atoms with E-state index in [1.54, 1.807) is 24.3 Å². The van der Waals surface area contributed by atoms with Gasteiger partial charge in [-0.25, -0.2) is 4.79 Å². The van der Waals surface area contributed by atoms with Crippen LogP contribution in [0.15, 0.2) is 24.3 Å². The zero-order valence-corrected chi connectivity index (χ0v) is 9.70. The number of ether oxygens (including phenoxy) is 1. The van der Waals surface area contributed by atoms with Gasteiger partial charge in [0.1, 0.15) is 5.60 Å². The van der Waals surface area contributed by atoms with Gasteiger partial charge in [-0.15, -0.1) is 0 Å². The number of hydrogen-bond acceptors (Lipinski definition) is 3. The smallest absolute Gasteiger partial charge is 0.338 e. The highest BCUT2D eigenvalue weighted by Gasteiger charge is 2.17. The summed E-state index contributed by atoms with van der Waals surface area (Å²) in [5.74, 6) is 2.36. The Hall–Kier alpha value is -1.95. The number of esters is 1. The molecule has 1 rings (SSSR count). The van der Waals surface area contributed by atoms with Gasteiger partial charge in [-0.3, -0.25) is 0 Å². The molecule has 0 aromatic heterocycles. The Balaban J connectivity index is 2.81. The molecule has 0 saturated carbocycles. The van der Waals surface area contributed by atoms with Crippen LogP contribution in [-0.4, -0.2) is 11.6 Å². The monoisotopic (exact) mass is 217 g/mol. The van der Waals surface area contributed by atoms with E-state index in [1.807, 2.05) is 20.8 Å². The van der Waals surface area contributed by atoms with Crippen molar-refractivity contribution in [3.63, 3.8) is 0 Å². The summed E-state index contributed by atoms with van der Waals surface area (Å²) in [6.07, 6.45) is 0. The average molecular weight is 217 g/mol. The van der Waals surface area contributed by atoms with Gasteiger partial charge >= 0.3 is 5.97 Å². The van der Waals surface area contributed by atoms with Gasteiger partial charge in [0, 0.05) is 11.6 Å². The lowest BCUT2D eigenvalue weighted by atomic mass is 10.1. The van der Waals surface area contributed by atoms with E-state index in [9.17, 15) is 4.79 Å². The summed E-state index contributed by atoms with van der Waals surface area (Å²) in [5.41, 5.74) is 5.89. The van der Waals surface area contributed by atoms with Crippen molar-refractivity contribution in [2.75, 3.05) is 0 Å². The molecule has 1 aromatic rings. The lowest BCUT2D eigenvalue weighted by Crippen LogP contribution is -2.23. The third-order valence-electron chi connectivity index (χ3n) is 1.74. The van der Waals surface area contributed by atoms with E-state index < -0.39 is 5.60 Å². The molecule has 0 aliphatic carbocycles. The van der Waals surface area contributed by atoms with Gasteiger partial charge in [-0.05, 0) is 51.0 Å². The number of hydrogen-bond donors (Lipinski definition) is 1. The Morgan fingerprint density at radius 1 is 1.25 bits per heavy atom. The molecule has 0 aliphatic rings. The minimum atomic E-state index is -0.479. The standard InChI is InChI=1S/C13H15NO2/c1-13(2,3)16-12(15)11-6-4-10(5-7-11)8-9-14/h4-7H,14H2,1-3H3. The van der Waals surface area contributed by atoms with E-state index in [0.29, 0.717) is 5.56 Å². The lowest BCUT2D eigenvalue weighted by Gasteiger charge is -2.19. The van der Waals surface area contributed by atoms with E-state index in [0.717, 1.165) is 5.56 Å². The van der Waals surface area contributed by atoms with Crippen LogP contribution in [0.4, 0.5) is 0 Å². The van der Waals surface area contributed by atoms with Crippen molar-refractivity contribution >= 4 is 5.97 Å². The predicted molar refractivity (Wildman–Crippen MR) is 62.7 cm³/mol. The molecule has 2 N–H and O–H groups in total. The highest BCUT2D eigenvalue weighted by Crippen LogP contribution is 2.12. The Kier molecular flexibility index (Phi) is 3.57. The van der Waals surface area contributed by atoms with Gasteiger partial charge in [0.05, 0.1) is 5.56 Å². The van der Waals surface area contributed by atoms with Gasteiger partial charge in [-0.1, -0.05) is 0 Å². The topological polar surface area (TPSA) is 52.3 Å². The van der Waals surface area contributed by atoms with Crippen molar-refractivity contribution in [3.8, 4) is 12.0 Å². The molecule has 84 valence electrons. The normalized spacial score (nSPS) is 10.2. The Bertz CT molecular complexity index is 430. The molecule has 1 aromatic carbocycles. The molecule has 3 nitrogen and oxygen atoms in total. The molecule has 0 radical (unpaired) electrons. The summed E-state index contributed by atoms with van der Waals surface area (Å²) in [5, 5.41) is 0. The molecule has 0 saturated heterocycles. The fourth-order valence-electron chi connectivity index (χ4n) is 1.11. The third-order valence-corrected chi connectivity index (χ3v) is 1.74. The van der Waals surface area contributed by atoms with E-state index >= 15 is 0 Å². The molecule has 0 aliphatic heterocycles. The maximum Gasteiger partial charge on any atom is 0.338 e. The molecule has 16 heavy (non-hydrogen) atoms. The zero-order valence-electron chi connectivity index (χ0n) is 9.70. The van der Waals surface area contributed by atoms with Crippen molar-refractivity contribution in [2.24, 2.45) is 5.73 Å². The average Bonchev–Trinajstić information content (AvgIpc) is 2.16. The number of benzene rings is 1. The Labute approximate surface area is 95.6 Å². The first kappa shape index (κ1) is 12.1. The second kappa shape index (κ2) is 4.71. The highest BCUT2D eigenvalue weighted by molar-refractivity contribution is 5.89. The number of nitrogens with two attached hydrogens (primary N) is 1. The molecule has 0 spiro atoms. The first-order chi connectivity index (χ1) is 7.42. The highest BCUT2D eigenvalue weighted by atomic mass is 16.6. The molecule has 3 heteroatoms. The molecule has 0 amide bonds. The third kappa shape index (κ3) is 3.66. The van der Waals surface area contributed by atoms with Crippen LogP contribution >= 0.6 is 0 Å². The van der Waals surface area contributed by atoms with Crippen molar-refractivity contribution in [3.05, 3.63) is 35.4 Å². The van der Waals surface area contributed by atoms with E-state index in [1.165, 1.54) is 0 Å². The molecule has 0 unspecified atom stereocenters.